The number of piperidine rings is 1. The van der Waals surface area contributed by atoms with E-state index in [0.717, 1.165) is 37.2 Å². The first-order valence-corrected chi connectivity index (χ1v) is 7.47. The van der Waals surface area contributed by atoms with Crippen molar-refractivity contribution in [2.75, 3.05) is 6.54 Å². The minimum Gasteiger partial charge on any atom is -0.328 e. The zero-order valence-corrected chi connectivity index (χ0v) is 12.6. The average Bonchev–Trinajstić information content (AvgIpc) is 3.03. The fourth-order valence-electron chi connectivity index (χ4n) is 2.73. The molecule has 0 spiro atoms. The van der Waals surface area contributed by atoms with Crippen LogP contribution in [-0.4, -0.2) is 32.5 Å². The van der Waals surface area contributed by atoms with Gasteiger partial charge in [-0.3, -0.25) is 9.89 Å². The zero-order chi connectivity index (χ0) is 14.8. The molecule has 2 heterocycles. The van der Waals surface area contributed by atoms with E-state index in [1.807, 2.05) is 24.0 Å². The molecule has 1 atom stereocenters. The van der Waals surface area contributed by atoms with Gasteiger partial charge in [-0.25, -0.2) is 4.98 Å². The van der Waals surface area contributed by atoms with Crippen molar-refractivity contribution in [3.63, 3.8) is 0 Å². The van der Waals surface area contributed by atoms with Gasteiger partial charge in [-0.15, -0.1) is 0 Å². The van der Waals surface area contributed by atoms with Crippen molar-refractivity contribution in [3.8, 4) is 0 Å². The molecule has 1 aromatic heterocycles. The highest BCUT2D eigenvalue weighted by Crippen LogP contribution is 2.30. The van der Waals surface area contributed by atoms with E-state index in [-0.39, 0.29) is 11.9 Å². The van der Waals surface area contributed by atoms with E-state index < -0.39 is 0 Å². The first-order valence-electron chi connectivity index (χ1n) is 7.09. The van der Waals surface area contributed by atoms with Crippen molar-refractivity contribution in [3.05, 3.63) is 46.5 Å². The van der Waals surface area contributed by atoms with Crippen molar-refractivity contribution >= 4 is 17.5 Å². The molecule has 1 saturated heterocycles. The number of hydrogen-bond donors (Lipinski definition) is 1. The molecule has 1 aromatic carbocycles. The summed E-state index contributed by atoms with van der Waals surface area (Å²) in [6.07, 6.45) is 4.48. The monoisotopic (exact) mass is 304 g/mol. The highest BCUT2D eigenvalue weighted by molar-refractivity contribution is 6.31. The molecule has 1 aliphatic rings. The summed E-state index contributed by atoms with van der Waals surface area (Å²) in [5, 5.41) is 7.40. The molecule has 2 aromatic rings. The summed E-state index contributed by atoms with van der Waals surface area (Å²) < 4.78 is 0. The number of halogens is 1. The number of rotatable bonds is 2. The summed E-state index contributed by atoms with van der Waals surface area (Å²) >= 11 is 6.13. The zero-order valence-electron chi connectivity index (χ0n) is 11.8. The molecule has 0 radical (unpaired) electrons. The molecular formula is C15H17ClN4O. The summed E-state index contributed by atoms with van der Waals surface area (Å²) in [4.78, 5) is 18.9. The van der Waals surface area contributed by atoms with Gasteiger partial charge in [0, 0.05) is 17.1 Å². The number of aromatic nitrogens is 3. The van der Waals surface area contributed by atoms with Gasteiger partial charge in [0.1, 0.15) is 12.2 Å². The number of nitrogens with one attached hydrogen (secondary N) is 1. The van der Waals surface area contributed by atoms with Crippen LogP contribution in [0.3, 0.4) is 0 Å². The second-order valence-electron chi connectivity index (χ2n) is 5.34. The summed E-state index contributed by atoms with van der Waals surface area (Å²) in [7, 11) is 0. The molecule has 0 saturated carbocycles. The van der Waals surface area contributed by atoms with Crippen molar-refractivity contribution < 1.29 is 4.79 Å². The minimum absolute atomic E-state index is 0.00185. The molecule has 21 heavy (non-hydrogen) atoms. The maximum Gasteiger partial charge on any atom is 0.254 e. The topological polar surface area (TPSA) is 61.9 Å². The number of nitrogens with zero attached hydrogens (tertiary/aromatic N) is 3. The number of carbonyl (C=O) groups excluding carboxylic acids is 1. The second kappa shape index (κ2) is 5.85. The van der Waals surface area contributed by atoms with Crippen LogP contribution in [0.25, 0.3) is 0 Å². The van der Waals surface area contributed by atoms with E-state index in [0.29, 0.717) is 10.6 Å². The van der Waals surface area contributed by atoms with Crippen LogP contribution < -0.4 is 0 Å². The molecule has 1 N–H and O–H groups in total. The Balaban J connectivity index is 1.89. The first kappa shape index (κ1) is 14.1. The number of likely N-dealkylation sites (tertiary alicyclic amines) is 1. The van der Waals surface area contributed by atoms with Crippen molar-refractivity contribution in [1.29, 1.82) is 0 Å². The lowest BCUT2D eigenvalue weighted by Crippen LogP contribution is -2.39. The van der Waals surface area contributed by atoms with E-state index in [1.54, 1.807) is 6.07 Å². The maximum atomic E-state index is 12.8. The largest absolute Gasteiger partial charge is 0.328 e. The number of carbonyl (C=O) groups is 1. The van der Waals surface area contributed by atoms with Crippen LogP contribution in [0.1, 0.15) is 47.1 Å². The van der Waals surface area contributed by atoms with Crippen molar-refractivity contribution in [1.82, 2.24) is 20.1 Å². The van der Waals surface area contributed by atoms with Gasteiger partial charge in [0.2, 0.25) is 0 Å². The SMILES string of the molecule is Cc1ccc(C(=O)N2CCCC[C@@H]2c2ncn[nH]2)cc1Cl. The Bertz CT molecular complexity index is 641. The van der Waals surface area contributed by atoms with Crippen LogP contribution in [0.5, 0.6) is 0 Å². The molecule has 0 unspecified atom stereocenters. The number of benzene rings is 1. The molecule has 0 bridgehead atoms. The van der Waals surface area contributed by atoms with Gasteiger partial charge >= 0.3 is 0 Å². The quantitative estimate of drug-likeness (QED) is 0.927. The van der Waals surface area contributed by atoms with Gasteiger partial charge in [0.05, 0.1) is 6.04 Å². The van der Waals surface area contributed by atoms with Gasteiger partial charge in [-0.2, -0.15) is 5.10 Å². The van der Waals surface area contributed by atoms with E-state index in [4.69, 9.17) is 11.6 Å². The third-order valence-corrected chi connectivity index (χ3v) is 4.34. The fraction of sp³-hybridized carbons (Fsp3) is 0.400. The average molecular weight is 305 g/mol. The lowest BCUT2D eigenvalue weighted by atomic mass is 10.00. The van der Waals surface area contributed by atoms with Gasteiger partial charge in [-0.05, 0) is 43.9 Å². The summed E-state index contributed by atoms with van der Waals surface area (Å²) in [6.45, 7) is 2.66. The van der Waals surface area contributed by atoms with Crippen molar-refractivity contribution in [2.24, 2.45) is 0 Å². The highest BCUT2D eigenvalue weighted by atomic mass is 35.5. The van der Waals surface area contributed by atoms with Gasteiger partial charge < -0.3 is 4.90 Å². The van der Waals surface area contributed by atoms with Crippen LogP contribution in [0.2, 0.25) is 5.02 Å². The van der Waals surface area contributed by atoms with E-state index in [2.05, 4.69) is 15.2 Å². The van der Waals surface area contributed by atoms with Gasteiger partial charge in [0.25, 0.3) is 5.91 Å². The highest BCUT2D eigenvalue weighted by Gasteiger charge is 2.30. The van der Waals surface area contributed by atoms with E-state index >= 15 is 0 Å². The lowest BCUT2D eigenvalue weighted by molar-refractivity contribution is 0.0600. The Morgan fingerprint density at radius 1 is 1.43 bits per heavy atom. The Hall–Kier alpha value is -1.88. The molecule has 110 valence electrons. The Morgan fingerprint density at radius 3 is 3.00 bits per heavy atom. The maximum absolute atomic E-state index is 12.8. The number of aryl methyl sites for hydroxylation is 1. The predicted molar refractivity (Wildman–Crippen MR) is 80.2 cm³/mol. The number of amides is 1. The summed E-state index contributed by atoms with van der Waals surface area (Å²) in [5.41, 5.74) is 1.59. The summed E-state index contributed by atoms with van der Waals surface area (Å²) in [5.74, 6) is 0.749. The van der Waals surface area contributed by atoms with Crippen LogP contribution >= 0.6 is 11.6 Å². The fourth-order valence-corrected chi connectivity index (χ4v) is 2.91. The normalized spacial score (nSPS) is 18.8. The third kappa shape index (κ3) is 2.78. The number of hydrogen-bond acceptors (Lipinski definition) is 3. The molecule has 1 aliphatic heterocycles. The Kier molecular flexibility index (Phi) is 3.92. The number of H-pyrrole nitrogens is 1. The minimum atomic E-state index is -0.0335. The van der Waals surface area contributed by atoms with Crippen molar-refractivity contribution in [2.45, 2.75) is 32.2 Å². The molecule has 5 nitrogen and oxygen atoms in total. The standard InChI is InChI=1S/C15H17ClN4O/c1-10-5-6-11(8-12(10)16)15(21)20-7-3-2-4-13(20)14-17-9-18-19-14/h5-6,8-9,13H,2-4,7H2,1H3,(H,17,18,19)/t13-/m1/s1. The van der Waals surface area contributed by atoms with Gasteiger partial charge in [0.15, 0.2) is 0 Å². The molecule has 0 aliphatic carbocycles. The molecule has 1 fully saturated rings. The Morgan fingerprint density at radius 2 is 2.29 bits per heavy atom. The van der Waals surface area contributed by atoms with Crippen LogP contribution in [0.15, 0.2) is 24.5 Å². The smallest absolute Gasteiger partial charge is 0.254 e. The van der Waals surface area contributed by atoms with Crippen LogP contribution in [0, 0.1) is 6.92 Å². The number of aromatic amines is 1. The molecule has 6 heteroatoms. The predicted octanol–water partition coefficient (Wildman–Crippen LogP) is 3.13. The molecule has 3 rings (SSSR count). The van der Waals surface area contributed by atoms with E-state index in [1.165, 1.54) is 6.33 Å². The van der Waals surface area contributed by atoms with E-state index in [9.17, 15) is 4.79 Å². The van der Waals surface area contributed by atoms with Crippen LogP contribution in [-0.2, 0) is 0 Å². The molecular weight excluding hydrogens is 288 g/mol. The van der Waals surface area contributed by atoms with Gasteiger partial charge in [-0.1, -0.05) is 17.7 Å². The third-order valence-electron chi connectivity index (χ3n) is 3.93. The molecule has 1 amide bonds. The Labute approximate surface area is 128 Å². The van der Waals surface area contributed by atoms with Crippen LogP contribution in [0.4, 0.5) is 0 Å². The lowest BCUT2D eigenvalue weighted by Gasteiger charge is -2.34. The second-order valence-corrected chi connectivity index (χ2v) is 5.75. The first-order chi connectivity index (χ1) is 10.2. The summed E-state index contributed by atoms with van der Waals surface area (Å²) in [6, 6.07) is 5.41.